The molecule has 0 radical (unpaired) electrons. The molecule has 7 nitrogen and oxygen atoms in total. The Bertz CT molecular complexity index is 1180. The molecule has 0 aliphatic carbocycles. The Morgan fingerprint density at radius 2 is 1.88 bits per heavy atom. The van der Waals surface area contributed by atoms with Gasteiger partial charge in [-0.1, -0.05) is 47.5 Å². The van der Waals surface area contributed by atoms with Gasteiger partial charge in [0.15, 0.2) is 0 Å². The van der Waals surface area contributed by atoms with Crippen LogP contribution in [-0.2, 0) is 23.2 Å². The van der Waals surface area contributed by atoms with Crippen molar-refractivity contribution < 1.29 is 22.7 Å². The summed E-state index contributed by atoms with van der Waals surface area (Å²) in [5.41, 5.74) is 2.16. The monoisotopic (exact) mass is 522 g/mol. The first-order valence-electron chi connectivity index (χ1n) is 10.6. The van der Waals surface area contributed by atoms with Gasteiger partial charge in [0.1, 0.15) is 6.04 Å². The number of nitrogens with zero attached hydrogens (tertiary/aromatic N) is 1. The zero-order chi connectivity index (χ0) is 24.9. The molecule has 2 unspecified atom stereocenters. The first-order chi connectivity index (χ1) is 16.2. The molecule has 1 heterocycles. The average molecular weight is 523 g/mol. The number of esters is 1. The predicted molar refractivity (Wildman–Crippen MR) is 134 cm³/mol. The van der Waals surface area contributed by atoms with E-state index in [1.807, 2.05) is 11.8 Å². The molecular formula is C24H27ClN2O5S2. The van der Waals surface area contributed by atoms with Crippen molar-refractivity contribution in [3.05, 3.63) is 76.3 Å². The lowest BCUT2D eigenvalue weighted by Gasteiger charge is -2.37. The maximum atomic E-state index is 13.1. The normalized spacial score (nSPS) is 18.9. The van der Waals surface area contributed by atoms with E-state index in [-0.39, 0.29) is 17.3 Å². The molecule has 3 rings (SSSR count). The van der Waals surface area contributed by atoms with E-state index in [2.05, 4.69) is 5.32 Å². The van der Waals surface area contributed by atoms with Crippen LogP contribution in [0, 0.1) is 6.92 Å². The van der Waals surface area contributed by atoms with Crippen LogP contribution in [0.1, 0.15) is 23.6 Å². The van der Waals surface area contributed by atoms with Crippen LogP contribution in [0.5, 0.6) is 0 Å². The summed E-state index contributed by atoms with van der Waals surface area (Å²) in [5.74, 6) is -0.826. The number of piperidine rings is 1. The van der Waals surface area contributed by atoms with Gasteiger partial charge in [-0.15, -0.1) is 0 Å². The molecule has 1 fully saturated rings. The van der Waals surface area contributed by atoms with E-state index < -0.39 is 26.1 Å². The highest BCUT2D eigenvalue weighted by atomic mass is 35.5. The summed E-state index contributed by atoms with van der Waals surface area (Å²) in [6, 6.07) is 12.9. The minimum atomic E-state index is -3.66. The Morgan fingerprint density at radius 3 is 2.50 bits per heavy atom. The molecule has 1 saturated heterocycles. The summed E-state index contributed by atoms with van der Waals surface area (Å²) < 4.78 is 31.2. The number of halogens is 1. The van der Waals surface area contributed by atoms with Crippen molar-refractivity contribution in [2.24, 2.45) is 0 Å². The molecule has 0 bridgehead atoms. The maximum Gasteiger partial charge on any atom is 0.327 e. The molecule has 0 aromatic heterocycles. The number of ether oxygens (including phenoxy) is 1. The van der Waals surface area contributed by atoms with Gasteiger partial charge in [-0.3, -0.25) is 9.69 Å². The van der Waals surface area contributed by atoms with Gasteiger partial charge in [-0.2, -0.15) is 0 Å². The van der Waals surface area contributed by atoms with E-state index in [9.17, 15) is 18.0 Å². The second kappa shape index (κ2) is 11.4. The molecule has 2 atom stereocenters. The number of carbonyl (C=O) groups excluding carboxylic acids is 2. The number of rotatable bonds is 7. The largest absolute Gasteiger partial charge is 0.468 e. The molecule has 2 aromatic rings. The second-order valence-corrected chi connectivity index (χ2v) is 12.3. The number of hydrogen-bond acceptors (Lipinski definition) is 7. The zero-order valence-corrected chi connectivity index (χ0v) is 21.5. The zero-order valence-electron chi connectivity index (χ0n) is 19.2. The van der Waals surface area contributed by atoms with Crippen molar-refractivity contribution in [3.8, 4) is 0 Å². The topological polar surface area (TPSA) is 92.8 Å². The van der Waals surface area contributed by atoms with Crippen molar-refractivity contribution in [1.29, 1.82) is 0 Å². The Morgan fingerprint density at radius 1 is 1.21 bits per heavy atom. The lowest BCUT2D eigenvalue weighted by molar-refractivity contribution is -0.147. The first-order valence-corrected chi connectivity index (χ1v) is 13.9. The Kier molecular flexibility index (Phi) is 8.81. The van der Waals surface area contributed by atoms with Gasteiger partial charge in [-0.25, -0.2) is 13.2 Å². The molecular weight excluding hydrogens is 496 g/mol. The second-order valence-electron chi connectivity index (χ2n) is 7.89. The van der Waals surface area contributed by atoms with E-state index in [4.69, 9.17) is 16.3 Å². The number of likely N-dealkylation sites (N-methyl/N-ethyl adjacent to an activating group) is 1. The van der Waals surface area contributed by atoms with Crippen molar-refractivity contribution in [2.45, 2.75) is 29.5 Å². The van der Waals surface area contributed by atoms with Crippen LogP contribution >= 0.6 is 22.4 Å². The average Bonchev–Trinajstić information content (AvgIpc) is 2.81. The molecule has 0 spiro atoms. The highest BCUT2D eigenvalue weighted by Crippen LogP contribution is 2.39. The summed E-state index contributed by atoms with van der Waals surface area (Å²) in [6.07, 6.45) is 1.83. The van der Waals surface area contributed by atoms with E-state index in [0.717, 1.165) is 16.4 Å². The summed E-state index contributed by atoms with van der Waals surface area (Å²) in [6.45, 7) is 2.51. The molecule has 1 N–H and O–H groups in total. The number of hydrogen-bond donors (Lipinski definition) is 1. The number of carbonyl (C=O) groups is 2. The molecule has 182 valence electrons. The third-order valence-electron chi connectivity index (χ3n) is 5.58. The molecule has 1 aliphatic rings. The molecule has 1 amide bonds. The molecule has 2 aromatic carbocycles. The van der Waals surface area contributed by atoms with Crippen LogP contribution < -0.4 is 5.32 Å². The summed E-state index contributed by atoms with van der Waals surface area (Å²) in [4.78, 5) is 27.0. The lowest BCUT2D eigenvalue weighted by Crippen LogP contribution is -2.43. The van der Waals surface area contributed by atoms with Gasteiger partial charge in [0, 0.05) is 36.5 Å². The molecule has 10 heteroatoms. The van der Waals surface area contributed by atoms with Crippen LogP contribution in [-0.4, -0.2) is 57.7 Å². The van der Waals surface area contributed by atoms with E-state index in [1.54, 1.807) is 48.5 Å². The highest BCUT2D eigenvalue weighted by molar-refractivity contribution is 8.72. The SMILES string of the molecule is CNC(=O)C=C1CN(C(C(=O)OC)c2ccccc2Cl)CCC1SS(=O)(=O)c1ccc(C)cc1. The van der Waals surface area contributed by atoms with Gasteiger partial charge in [-0.05, 0) is 53.5 Å². The molecule has 34 heavy (non-hydrogen) atoms. The van der Waals surface area contributed by atoms with Gasteiger partial charge in [0.2, 0.25) is 14.8 Å². The van der Waals surface area contributed by atoms with Crippen LogP contribution in [0.2, 0.25) is 5.02 Å². The maximum absolute atomic E-state index is 13.1. The van der Waals surface area contributed by atoms with Crippen molar-refractivity contribution in [3.63, 3.8) is 0 Å². The van der Waals surface area contributed by atoms with E-state index in [0.29, 0.717) is 29.1 Å². The number of likely N-dealkylation sites (tertiary alicyclic amines) is 1. The van der Waals surface area contributed by atoms with Gasteiger partial charge in [0.05, 0.1) is 12.0 Å². The van der Waals surface area contributed by atoms with Crippen LogP contribution in [0.3, 0.4) is 0 Å². The first kappa shape index (κ1) is 26.3. The smallest absolute Gasteiger partial charge is 0.327 e. The van der Waals surface area contributed by atoms with Crippen molar-refractivity contribution in [2.75, 3.05) is 27.2 Å². The van der Waals surface area contributed by atoms with E-state index >= 15 is 0 Å². The van der Waals surface area contributed by atoms with Crippen molar-refractivity contribution in [1.82, 2.24) is 10.2 Å². The Labute approximate surface area is 208 Å². The third kappa shape index (κ3) is 6.21. The van der Waals surface area contributed by atoms with Crippen LogP contribution in [0.4, 0.5) is 0 Å². The third-order valence-corrected chi connectivity index (χ3v) is 9.83. The standard InChI is InChI=1S/C24H27ClN2O5S2/c1-16-8-10-18(11-9-16)34(30,31)33-21-12-13-27(15-17(21)14-22(28)26-2)23(24(29)32-3)19-6-4-5-7-20(19)25/h4-11,14,21,23H,12-13,15H2,1-3H3,(H,26,28). The summed E-state index contributed by atoms with van der Waals surface area (Å²) in [7, 11) is -0.0167. The highest BCUT2D eigenvalue weighted by Gasteiger charge is 2.37. The number of benzene rings is 2. The lowest BCUT2D eigenvalue weighted by atomic mass is 9.98. The van der Waals surface area contributed by atoms with E-state index in [1.165, 1.54) is 20.2 Å². The number of amides is 1. The fourth-order valence-electron chi connectivity index (χ4n) is 3.79. The summed E-state index contributed by atoms with van der Waals surface area (Å²) >= 11 is 6.38. The fourth-order valence-corrected chi connectivity index (χ4v) is 7.62. The van der Waals surface area contributed by atoms with Crippen molar-refractivity contribution >= 4 is 43.1 Å². The minimum absolute atomic E-state index is 0.208. The quantitative estimate of drug-likeness (QED) is 0.336. The number of methoxy groups -OCH3 is 1. The minimum Gasteiger partial charge on any atom is -0.468 e. The fraction of sp³-hybridized carbons (Fsp3) is 0.333. The molecule has 1 aliphatic heterocycles. The number of aryl methyl sites for hydroxylation is 1. The van der Waals surface area contributed by atoms with Gasteiger partial charge >= 0.3 is 5.97 Å². The van der Waals surface area contributed by atoms with Gasteiger partial charge < -0.3 is 10.1 Å². The predicted octanol–water partition coefficient (Wildman–Crippen LogP) is 3.73. The molecule has 0 saturated carbocycles. The number of nitrogens with one attached hydrogen (secondary N) is 1. The Balaban J connectivity index is 1.92. The summed E-state index contributed by atoms with van der Waals surface area (Å²) in [5, 5.41) is 2.52. The van der Waals surface area contributed by atoms with Gasteiger partial charge in [0.25, 0.3) is 0 Å². The van der Waals surface area contributed by atoms with Crippen LogP contribution in [0.25, 0.3) is 0 Å². The van der Waals surface area contributed by atoms with Crippen LogP contribution in [0.15, 0.2) is 65.1 Å². The Hall–Kier alpha value is -2.33.